The van der Waals surface area contributed by atoms with Crippen LogP contribution in [0.2, 0.25) is 0 Å². The molecule has 2 fully saturated rings. The lowest BCUT2D eigenvalue weighted by molar-refractivity contribution is -0.122. The molecule has 0 aromatic carbocycles. The molecule has 0 spiro atoms. The Bertz CT molecular complexity index is 1250. The molecule has 2 aliphatic rings. The van der Waals surface area contributed by atoms with E-state index in [2.05, 4.69) is 0 Å². The zero-order chi connectivity index (χ0) is 30.9. The molecule has 7 atom stereocenters. The number of rotatable bonds is 12. The Kier molecular flexibility index (Phi) is 9.72. The number of carbonyl (C=O) groups excluding carboxylic acids is 2. The van der Waals surface area contributed by atoms with E-state index in [1.54, 1.807) is 27.7 Å². The molecular formula is C23H34FN2O14P. The highest BCUT2D eigenvalue weighted by molar-refractivity contribution is 7.48. The second-order valence-corrected chi connectivity index (χ2v) is 11.5. The third kappa shape index (κ3) is 6.81. The molecule has 16 nitrogen and oxygen atoms in total. The smallest absolute Gasteiger partial charge is 0.432 e. The van der Waals surface area contributed by atoms with Gasteiger partial charge >= 0.3 is 25.8 Å². The summed E-state index contributed by atoms with van der Waals surface area (Å²) in [5.41, 5.74) is -5.87. The van der Waals surface area contributed by atoms with Gasteiger partial charge in [-0.05, 0) is 41.5 Å². The number of phosphoric ester groups is 1. The van der Waals surface area contributed by atoms with Crippen molar-refractivity contribution < 1.29 is 60.9 Å². The molecule has 1 aliphatic heterocycles. The van der Waals surface area contributed by atoms with Crippen LogP contribution >= 0.6 is 7.82 Å². The second kappa shape index (κ2) is 12.2. The topological polar surface area (TPSA) is 200 Å². The SMILES string of the molecule is CC(C)OC(=O)OC(C)OP(=O)(OC(C)OC(=O)OC(C)C)OC1[C@@]2(CF)O[C@@H](n3ccc(=O)[nH]c3=O)[C@@H](C)[C@@]12O. The molecule has 232 valence electrons. The Morgan fingerprint density at radius 2 is 1.56 bits per heavy atom. The molecule has 0 bridgehead atoms. The number of fused-ring (bicyclic) bond motifs is 1. The zero-order valence-electron chi connectivity index (χ0n) is 23.4. The first-order valence-corrected chi connectivity index (χ1v) is 14.1. The number of ether oxygens (including phenoxy) is 5. The highest BCUT2D eigenvalue weighted by atomic mass is 31.2. The summed E-state index contributed by atoms with van der Waals surface area (Å²) in [5.74, 6) is -1.07. The lowest BCUT2D eigenvalue weighted by Crippen LogP contribution is -2.38. The van der Waals surface area contributed by atoms with E-state index in [-0.39, 0.29) is 0 Å². The molecule has 18 heteroatoms. The Balaban J connectivity index is 1.84. The maximum Gasteiger partial charge on any atom is 0.510 e. The van der Waals surface area contributed by atoms with Gasteiger partial charge in [0.25, 0.3) is 5.56 Å². The summed E-state index contributed by atoms with van der Waals surface area (Å²) in [4.78, 5) is 49.5. The van der Waals surface area contributed by atoms with Gasteiger partial charge in [-0.2, -0.15) is 0 Å². The van der Waals surface area contributed by atoms with Crippen LogP contribution < -0.4 is 11.2 Å². The Hall–Kier alpha value is -2.82. The van der Waals surface area contributed by atoms with Crippen LogP contribution in [0.1, 0.15) is 54.7 Å². The summed E-state index contributed by atoms with van der Waals surface area (Å²) < 4.78 is 70.3. The number of hydrogen-bond donors (Lipinski definition) is 2. The van der Waals surface area contributed by atoms with Crippen molar-refractivity contribution in [1.29, 1.82) is 0 Å². The van der Waals surface area contributed by atoms with Gasteiger partial charge in [-0.25, -0.2) is 32.4 Å². The number of nitrogens with zero attached hydrogens (tertiary/aromatic N) is 1. The molecule has 2 N–H and O–H groups in total. The van der Waals surface area contributed by atoms with Gasteiger partial charge < -0.3 is 28.8 Å². The first kappa shape index (κ1) is 32.7. The van der Waals surface area contributed by atoms with E-state index in [1.165, 1.54) is 6.92 Å². The van der Waals surface area contributed by atoms with Crippen molar-refractivity contribution in [2.45, 2.75) is 96.8 Å². The maximum absolute atomic E-state index is 14.5. The average molecular weight is 612 g/mol. The fraction of sp³-hybridized carbons (Fsp3) is 0.739. The molecule has 41 heavy (non-hydrogen) atoms. The van der Waals surface area contributed by atoms with Crippen molar-refractivity contribution in [2.24, 2.45) is 5.92 Å². The van der Waals surface area contributed by atoms with Crippen LogP contribution in [0.4, 0.5) is 14.0 Å². The molecule has 1 aromatic rings. The van der Waals surface area contributed by atoms with E-state index in [4.69, 9.17) is 37.3 Å². The number of nitrogens with one attached hydrogen (secondary N) is 1. The lowest BCUT2D eigenvalue weighted by atomic mass is 10.00. The normalized spacial score (nSPS) is 29.8. The lowest BCUT2D eigenvalue weighted by Gasteiger charge is -2.28. The second-order valence-electron chi connectivity index (χ2n) is 10.0. The summed E-state index contributed by atoms with van der Waals surface area (Å²) in [7, 11) is -4.98. The molecule has 3 rings (SSSR count). The number of alkyl halides is 1. The van der Waals surface area contributed by atoms with Crippen LogP contribution in [0.3, 0.4) is 0 Å². The highest BCUT2D eigenvalue weighted by Gasteiger charge is 2.88. The first-order chi connectivity index (χ1) is 19.0. The van der Waals surface area contributed by atoms with Crippen LogP contribution in [-0.4, -0.2) is 75.7 Å². The van der Waals surface area contributed by atoms with Gasteiger partial charge in [-0.15, -0.1) is 0 Å². The summed E-state index contributed by atoms with van der Waals surface area (Å²) in [6, 6.07) is 1.04. The Labute approximate surface area is 233 Å². The molecular weight excluding hydrogens is 578 g/mol. The molecule has 1 aliphatic carbocycles. The third-order valence-corrected chi connectivity index (χ3v) is 7.75. The van der Waals surface area contributed by atoms with Crippen molar-refractivity contribution in [3.05, 3.63) is 33.1 Å². The predicted molar refractivity (Wildman–Crippen MR) is 133 cm³/mol. The largest absolute Gasteiger partial charge is 0.510 e. The van der Waals surface area contributed by atoms with Crippen molar-refractivity contribution in [3.8, 4) is 0 Å². The number of aromatic nitrogens is 2. The maximum atomic E-state index is 14.5. The van der Waals surface area contributed by atoms with Gasteiger partial charge in [0.2, 0.25) is 12.6 Å². The summed E-state index contributed by atoms with van der Waals surface area (Å²) >= 11 is 0. The average Bonchev–Trinajstić information content (AvgIpc) is 3.20. The van der Waals surface area contributed by atoms with E-state index < -0.39 is 92.3 Å². The number of hydrogen-bond acceptors (Lipinski definition) is 14. The van der Waals surface area contributed by atoms with Crippen LogP contribution in [0.25, 0.3) is 0 Å². The quantitative estimate of drug-likeness (QED) is 0.198. The van der Waals surface area contributed by atoms with E-state index in [0.717, 1.165) is 30.7 Å². The monoisotopic (exact) mass is 612 g/mol. The van der Waals surface area contributed by atoms with Crippen molar-refractivity contribution in [3.63, 3.8) is 0 Å². The molecule has 1 aromatic heterocycles. The standard InChI is InChI=1S/C23H34FN2O14P/c1-11(2)33-20(29)35-14(6)38-41(32,39-15(7)36-21(30)34-12(3)4)40-18-22(10-24)23(18,31)13(5)17(37-22)26-9-8-16(27)25-19(26)28/h8-9,11-15,17-18,31H,10H2,1-7H3,(H,25,27,28)/t13-,14?,15?,17-,18?,22-,23-,41?/m1/s1. The molecule has 0 amide bonds. The van der Waals surface area contributed by atoms with Crippen LogP contribution in [0.15, 0.2) is 21.9 Å². The fourth-order valence-electron chi connectivity index (χ4n) is 4.42. The van der Waals surface area contributed by atoms with Gasteiger partial charge in [0.05, 0.1) is 12.2 Å². The van der Waals surface area contributed by atoms with Crippen molar-refractivity contribution >= 4 is 20.1 Å². The van der Waals surface area contributed by atoms with Crippen LogP contribution in [0.5, 0.6) is 0 Å². The number of phosphoric acid groups is 1. The zero-order valence-corrected chi connectivity index (χ0v) is 24.3. The van der Waals surface area contributed by atoms with Gasteiger partial charge in [-0.1, -0.05) is 6.92 Å². The van der Waals surface area contributed by atoms with E-state index in [9.17, 15) is 33.2 Å². The Morgan fingerprint density at radius 1 is 1.05 bits per heavy atom. The van der Waals surface area contributed by atoms with Crippen molar-refractivity contribution in [2.75, 3.05) is 6.67 Å². The van der Waals surface area contributed by atoms with Crippen molar-refractivity contribution in [1.82, 2.24) is 9.55 Å². The number of aliphatic hydroxyl groups is 1. The number of aromatic amines is 1. The third-order valence-electron chi connectivity index (χ3n) is 6.17. The van der Waals surface area contributed by atoms with Gasteiger partial charge in [0.15, 0.2) is 5.60 Å². The fourth-order valence-corrected chi connectivity index (χ4v) is 5.97. The van der Waals surface area contributed by atoms with Crippen LogP contribution in [0, 0.1) is 5.92 Å². The molecule has 3 unspecified atom stereocenters. The number of H-pyrrole nitrogens is 1. The minimum atomic E-state index is -4.98. The van der Waals surface area contributed by atoms with E-state index in [0.29, 0.717) is 0 Å². The van der Waals surface area contributed by atoms with E-state index >= 15 is 0 Å². The van der Waals surface area contributed by atoms with E-state index in [1.807, 2.05) is 4.98 Å². The minimum Gasteiger partial charge on any atom is -0.432 e. The molecule has 2 heterocycles. The molecule has 1 saturated carbocycles. The summed E-state index contributed by atoms with van der Waals surface area (Å²) in [6.07, 6.45) is -8.58. The predicted octanol–water partition coefficient (Wildman–Crippen LogP) is 2.50. The van der Waals surface area contributed by atoms with Gasteiger partial charge in [-0.3, -0.25) is 18.9 Å². The number of carbonyl (C=O) groups is 2. The van der Waals surface area contributed by atoms with Gasteiger partial charge in [0.1, 0.15) is 24.6 Å². The summed E-state index contributed by atoms with van der Waals surface area (Å²) in [5, 5.41) is 11.4. The molecule has 1 saturated heterocycles. The molecule has 0 radical (unpaired) electrons. The highest BCUT2D eigenvalue weighted by Crippen LogP contribution is 2.71. The van der Waals surface area contributed by atoms with Gasteiger partial charge in [0, 0.05) is 18.2 Å². The summed E-state index contributed by atoms with van der Waals surface area (Å²) in [6.45, 7) is 8.55. The first-order valence-electron chi connectivity index (χ1n) is 12.7. The Morgan fingerprint density at radius 3 is 1.98 bits per heavy atom. The number of halogens is 1. The van der Waals surface area contributed by atoms with Crippen LogP contribution in [-0.2, 0) is 41.8 Å². The minimum absolute atomic E-state index is 0.555.